The largest absolute Gasteiger partial charge is 0.504 e. The molecule has 6 rings (SSSR count). The van der Waals surface area contributed by atoms with Crippen molar-refractivity contribution in [2.45, 2.75) is 58.9 Å². The van der Waals surface area contributed by atoms with Crippen LogP contribution in [-0.2, 0) is 19.2 Å². The number of fused-ring (bicyclic) bond motifs is 4. The molecule has 0 bridgehead atoms. The molecule has 8 nitrogen and oxygen atoms in total. The van der Waals surface area contributed by atoms with E-state index in [1.807, 2.05) is 26.8 Å². The highest BCUT2D eigenvalue weighted by molar-refractivity contribution is 6.31. The monoisotopic (exact) mass is 608 g/mol. The van der Waals surface area contributed by atoms with Crippen LogP contribution in [0.15, 0.2) is 48.0 Å². The summed E-state index contributed by atoms with van der Waals surface area (Å²) in [5, 5.41) is 10.3. The van der Waals surface area contributed by atoms with Crippen LogP contribution >= 0.6 is 11.6 Å². The van der Waals surface area contributed by atoms with Gasteiger partial charge in [0.2, 0.25) is 23.6 Å². The van der Waals surface area contributed by atoms with Gasteiger partial charge in [0.25, 0.3) is 0 Å². The van der Waals surface area contributed by atoms with Gasteiger partial charge >= 0.3 is 0 Å². The number of halogens is 2. The third-order valence-corrected chi connectivity index (χ3v) is 10.0. The number of allylic oxidation sites excluding steroid dienone is 2. The number of benzene rings is 2. The summed E-state index contributed by atoms with van der Waals surface area (Å²) < 4.78 is 19.7. The summed E-state index contributed by atoms with van der Waals surface area (Å²) in [5.41, 5.74) is -0.367. The number of phenolic OH excluding ortho intramolecular Hbond substituents is 1. The van der Waals surface area contributed by atoms with Crippen LogP contribution in [0.5, 0.6) is 11.5 Å². The minimum Gasteiger partial charge on any atom is -0.504 e. The van der Waals surface area contributed by atoms with Crippen LogP contribution in [0.25, 0.3) is 0 Å². The van der Waals surface area contributed by atoms with Gasteiger partial charge in [0.1, 0.15) is 5.82 Å². The van der Waals surface area contributed by atoms with Crippen molar-refractivity contribution < 1.29 is 33.4 Å². The Morgan fingerprint density at radius 3 is 2.42 bits per heavy atom. The van der Waals surface area contributed by atoms with Gasteiger partial charge in [0.15, 0.2) is 11.5 Å². The zero-order chi connectivity index (χ0) is 31.2. The number of anilines is 1. The van der Waals surface area contributed by atoms with E-state index in [-0.39, 0.29) is 40.4 Å². The molecule has 0 unspecified atom stereocenters. The molecule has 43 heavy (non-hydrogen) atoms. The summed E-state index contributed by atoms with van der Waals surface area (Å²) in [5.74, 6) is -5.11. The fourth-order valence-corrected chi connectivity index (χ4v) is 8.08. The number of hydrogen-bond donors (Lipinski definition) is 1. The van der Waals surface area contributed by atoms with Crippen molar-refractivity contribution in [3.8, 4) is 11.5 Å². The van der Waals surface area contributed by atoms with E-state index in [0.717, 1.165) is 16.5 Å². The Labute approximate surface area is 254 Å². The van der Waals surface area contributed by atoms with Crippen molar-refractivity contribution in [2.75, 3.05) is 11.5 Å². The Hall–Kier alpha value is -3.72. The van der Waals surface area contributed by atoms with E-state index in [4.69, 9.17) is 16.3 Å². The van der Waals surface area contributed by atoms with Crippen LogP contribution < -0.4 is 9.64 Å². The SMILES string of the molecule is CCOc1cc([C@H]2C3=CC[C@@H]4C(=O)N(C(C)(C)C)C(=O)[C@@H]4[C@@H]3C[C@H]3C(=O)N(c4ccc(F)c(Cl)c4)C(=O)[C@@]23C)ccc1O. The molecule has 2 aliphatic carbocycles. The van der Waals surface area contributed by atoms with Gasteiger partial charge < -0.3 is 9.84 Å². The fraction of sp³-hybridized carbons (Fsp3) is 0.455. The van der Waals surface area contributed by atoms with E-state index in [1.54, 1.807) is 26.0 Å². The smallest absolute Gasteiger partial charge is 0.241 e. The summed E-state index contributed by atoms with van der Waals surface area (Å²) in [7, 11) is 0. The quantitative estimate of drug-likeness (QED) is 0.357. The van der Waals surface area contributed by atoms with Gasteiger partial charge in [-0.1, -0.05) is 29.3 Å². The lowest BCUT2D eigenvalue weighted by molar-refractivity contribution is -0.145. The van der Waals surface area contributed by atoms with Crippen LogP contribution in [0.4, 0.5) is 10.1 Å². The van der Waals surface area contributed by atoms with Crippen molar-refractivity contribution in [3.05, 3.63) is 64.5 Å². The molecule has 1 saturated carbocycles. The van der Waals surface area contributed by atoms with Gasteiger partial charge in [-0.15, -0.1) is 0 Å². The third kappa shape index (κ3) is 4.14. The van der Waals surface area contributed by atoms with Crippen LogP contribution in [0.2, 0.25) is 5.02 Å². The fourth-order valence-electron chi connectivity index (χ4n) is 7.91. The molecule has 4 aliphatic rings. The van der Waals surface area contributed by atoms with E-state index in [0.29, 0.717) is 18.6 Å². The summed E-state index contributed by atoms with van der Waals surface area (Å²) in [4.78, 5) is 58.6. The first-order valence-corrected chi connectivity index (χ1v) is 15.0. The molecule has 2 aromatic rings. The maximum atomic E-state index is 14.5. The molecule has 0 radical (unpaired) electrons. The predicted octanol–water partition coefficient (Wildman–Crippen LogP) is 5.61. The molecule has 226 valence electrons. The van der Waals surface area contributed by atoms with E-state index >= 15 is 0 Å². The van der Waals surface area contributed by atoms with Gasteiger partial charge in [-0.25, -0.2) is 9.29 Å². The minimum absolute atomic E-state index is 0.0638. The third-order valence-electron chi connectivity index (χ3n) is 9.72. The summed E-state index contributed by atoms with van der Waals surface area (Å²) in [6.07, 6.45) is 2.50. The molecule has 2 heterocycles. The lowest BCUT2D eigenvalue weighted by Gasteiger charge is -2.49. The second-order valence-corrected chi connectivity index (χ2v) is 13.5. The van der Waals surface area contributed by atoms with Crippen molar-refractivity contribution in [1.82, 2.24) is 4.90 Å². The highest BCUT2D eigenvalue weighted by Gasteiger charge is 2.68. The number of phenols is 1. The number of rotatable bonds is 4. The summed E-state index contributed by atoms with van der Waals surface area (Å²) >= 11 is 6.06. The summed E-state index contributed by atoms with van der Waals surface area (Å²) in [6.45, 7) is 9.32. The molecule has 2 aliphatic heterocycles. The first-order chi connectivity index (χ1) is 20.2. The van der Waals surface area contributed by atoms with Crippen LogP contribution in [0, 0.1) is 34.9 Å². The molecule has 10 heteroatoms. The molecule has 1 N–H and O–H groups in total. The molecule has 6 atom stereocenters. The average Bonchev–Trinajstić information content (AvgIpc) is 3.31. The first kappa shape index (κ1) is 29.4. The van der Waals surface area contributed by atoms with Crippen molar-refractivity contribution in [1.29, 1.82) is 0 Å². The molecule has 2 saturated heterocycles. The van der Waals surface area contributed by atoms with E-state index in [9.17, 15) is 28.7 Å². The highest BCUT2D eigenvalue weighted by Crippen LogP contribution is 2.64. The normalized spacial score (nSPS) is 30.3. The number of hydrogen-bond acceptors (Lipinski definition) is 6. The maximum absolute atomic E-state index is 14.5. The van der Waals surface area contributed by atoms with Crippen molar-refractivity contribution >= 4 is 40.9 Å². The minimum atomic E-state index is -1.29. The Kier molecular flexibility index (Phi) is 6.76. The Balaban J connectivity index is 1.53. The number of nitrogens with zero attached hydrogens (tertiary/aromatic N) is 2. The van der Waals surface area contributed by atoms with Crippen LogP contribution in [0.3, 0.4) is 0 Å². The van der Waals surface area contributed by atoms with Gasteiger partial charge in [0.05, 0.1) is 40.5 Å². The lowest BCUT2D eigenvalue weighted by atomic mass is 9.51. The molecule has 4 amide bonds. The zero-order valence-electron chi connectivity index (χ0n) is 24.7. The van der Waals surface area contributed by atoms with Crippen LogP contribution in [-0.4, -0.2) is 45.8 Å². The molecular weight excluding hydrogens is 575 g/mol. The summed E-state index contributed by atoms with van der Waals surface area (Å²) in [6, 6.07) is 8.61. The van der Waals surface area contributed by atoms with Gasteiger partial charge in [-0.3, -0.25) is 24.1 Å². The average molecular weight is 609 g/mol. The number of carbonyl (C=O) groups excluding carboxylic acids is 4. The number of amides is 4. The van der Waals surface area contributed by atoms with E-state index in [1.165, 1.54) is 23.1 Å². The highest BCUT2D eigenvalue weighted by atomic mass is 35.5. The van der Waals surface area contributed by atoms with Crippen LogP contribution in [0.1, 0.15) is 58.9 Å². The van der Waals surface area contributed by atoms with Gasteiger partial charge in [-0.05, 0) is 89.3 Å². The number of carbonyl (C=O) groups is 4. The zero-order valence-corrected chi connectivity index (χ0v) is 25.4. The second kappa shape index (κ2) is 9.91. The van der Waals surface area contributed by atoms with E-state index < -0.39 is 58.2 Å². The number of imide groups is 2. The van der Waals surface area contributed by atoms with Crippen molar-refractivity contribution in [2.24, 2.45) is 29.1 Å². The molecular formula is C33H34ClFN2O6. The van der Waals surface area contributed by atoms with Gasteiger partial charge in [-0.2, -0.15) is 0 Å². The van der Waals surface area contributed by atoms with Crippen molar-refractivity contribution in [3.63, 3.8) is 0 Å². The standard InChI is InChI=1S/C33H34ClFN2O6/c1-6-43-25-13-16(7-12-24(25)38)27-18-9-10-19-26(30(41)37(28(19)39)32(2,3)4)20(18)15-21-29(40)36(31(42)33(21,27)5)17-8-11-23(35)22(34)14-17/h7-9,11-14,19-21,26-27,38H,6,10,15H2,1-5H3/t19-,20+,21-,26-,27-,33+/m0/s1. The topological polar surface area (TPSA) is 104 Å². The Bertz CT molecular complexity index is 1610. The molecule has 0 spiro atoms. The first-order valence-electron chi connectivity index (χ1n) is 14.6. The molecule has 0 aromatic heterocycles. The number of ether oxygens (including phenoxy) is 1. The number of likely N-dealkylation sites (tertiary alicyclic amines) is 1. The second-order valence-electron chi connectivity index (χ2n) is 13.1. The lowest BCUT2D eigenvalue weighted by Crippen LogP contribution is -2.49. The molecule has 2 aromatic carbocycles. The van der Waals surface area contributed by atoms with Gasteiger partial charge in [0, 0.05) is 11.5 Å². The maximum Gasteiger partial charge on any atom is 0.241 e. The predicted molar refractivity (Wildman–Crippen MR) is 157 cm³/mol. The number of aromatic hydroxyl groups is 1. The van der Waals surface area contributed by atoms with E-state index in [2.05, 4.69) is 0 Å². The molecule has 3 fully saturated rings. The Morgan fingerprint density at radius 1 is 1.05 bits per heavy atom. The Morgan fingerprint density at radius 2 is 1.77 bits per heavy atom.